The van der Waals surface area contributed by atoms with Gasteiger partial charge in [0, 0.05) is 57.6 Å². The molecule has 0 atom stereocenters. The lowest BCUT2D eigenvalue weighted by atomic mass is 9.94. The summed E-state index contributed by atoms with van der Waals surface area (Å²) in [5.41, 5.74) is 0.623. The SMILES string of the molecule is CCN1CCN(C(=O)C2CCN(C(=O)c3cccnc3)CC2)CC1. The van der Waals surface area contributed by atoms with Crippen molar-refractivity contribution >= 4 is 11.8 Å². The molecule has 0 aromatic carbocycles. The van der Waals surface area contributed by atoms with E-state index in [1.165, 1.54) is 0 Å². The van der Waals surface area contributed by atoms with Crippen molar-refractivity contribution in [2.24, 2.45) is 5.92 Å². The number of carbonyl (C=O) groups excluding carboxylic acids is 2. The fraction of sp³-hybridized carbons (Fsp3) is 0.611. The largest absolute Gasteiger partial charge is 0.340 e. The summed E-state index contributed by atoms with van der Waals surface area (Å²) in [5, 5.41) is 0. The van der Waals surface area contributed by atoms with Gasteiger partial charge in [0.05, 0.1) is 5.56 Å². The van der Waals surface area contributed by atoms with E-state index in [9.17, 15) is 9.59 Å². The van der Waals surface area contributed by atoms with Crippen LogP contribution in [0.25, 0.3) is 0 Å². The molecule has 0 saturated carbocycles. The van der Waals surface area contributed by atoms with E-state index >= 15 is 0 Å². The predicted molar refractivity (Wildman–Crippen MR) is 91.6 cm³/mol. The van der Waals surface area contributed by atoms with Crippen LogP contribution in [-0.2, 0) is 4.79 Å². The Morgan fingerprint density at radius 1 is 1.08 bits per heavy atom. The highest BCUT2D eigenvalue weighted by atomic mass is 16.2. The number of hydrogen-bond acceptors (Lipinski definition) is 4. The third-order valence-corrected chi connectivity index (χ3v) is 5.17. The van der Waals surface area contributed by atoms with Crippen LogP contribution in [0.2, 0.25) is 0 Å². The molecule has 0 unspecified atom stereocenters. The summed E-state index contributed by atoms with van der Waals surface area (Å²) in [6.45, 7) is 8.13. The van der Waals surface area contributed by atoms with Gasteiger partial charge in [-0.2, -0.15) is 0 Å². The second-order valence-electron chi connectivity index (χ2n) is 6.57. The number of likely N-dealkylation sites (N-methyl/N-ethyl adjacent to an activating group) is 1. The third-order valence-electron chi connectivity index (χ3n) is 5.17. The van der Waals surface area contributed by atoms with Crippen LogP contribution in [-0.4, -0.2) is 77.3 Å². The van der Waals surface area contributed by atoms with Gasteiger partial charge >= 0.3 is 0 Å². The van der Waals surface area contributed by atoms with Gasteiger partial charge in [-0.05, 0) is 31.5 Å². The quantitative estimate of drug-likeness (QED) is 0.833. The molecule has 2 fully saturated rings. The number of aromatic nitrogens is 1. The number of likely N-dealkylation sites (tertiary alicyclic amines) is 1. The number of hydrogen-bond donors (Lipinski definition) is 0. The van der Waals surface area contributed by atoms with E-state index in [2.05, 4.69) is 16.8 Å². The van der Waals surface area contributed by atoms with Gasteiger partial charge in [-0.3, -0.25) is 14.6 Å². The lowest BCUT2D eigenvalue weighted by molar-refractivity contribution is -0.138. The molecular formula is C18H26N4O2. The fourth-order valence-corrected chi connectivity index (χ4v) is 3.54. The van der Waals surface area contributed by atoms with Gasteiger partial charge in [-0.25, -0.2) is 0 Å². The minimum Gasteiger partial charge on any atom is -0.340 e. The van der Waals surface area contributed by atoms with E-state index in [-0.39, 0.29) is 17.7 Å². The standard InChI is InChI=1S/C18H26N4O2/c1-2-20-10-12-22(13-11-20)17(23)15-5-8-21(9-6-15)18(24)16-4-3-7-19-14-16/h3-4,7,14-15H,2,5-6,8-13H2,1H3. The Labute approximate surface area is 143 Å². The Hall–Kier alpha value is -1.95. The Morgan fingerprint density at radius 2 is 1.79 bits per heavy atom. The van der Waals surface area contributed by atoms with Gasteiger partial charge in [-0.1, -0.05) is 6.92 Å². The van der Waals surface area contributed by atoms with Crippen molar-refractivity contribution in [3.05, 3.63) is 30.1 Å². The van der Waals surface area contributed by atoms with Crippen LogP contribution in [0.4, 0.5) is 0 Å². The topological polar surface area (TPSA) is 56.8 Å². The zero-order valence-corrected chi connectivity index (χ0v) is 14.4. The molecule has 0 aliphatic carbocycles. The first-order valence-electron chi connectivity index (χ1n) is 8.89. The number of pyridine rings is 1. The maximum atomic E-state index is 12.7. The number of piperazine rings is 1. The highest BCUT2D eigenvalue weighted by Crippen LogP contribution is 2.21. The Balaban J connectivity index is 1.50. The smallest absolute Gasteiger partial charge is 0.255 e. The van der Waals surface area contributed by atoms with Crippen molar-refractivity contribution < 1.29 is 9.59 Å². The van der Waals surface area contributed by atoms with Crippen molar-refractivity contribution in [1.82, 2.24) is 19.7 Å². The second-order valence-corrected chi connectivity index (χ2v) is 6.57. The van der Waals surface area contributed by atoms with Crippen LogP contribution in [0.1, 0.15) is 30.1 Å². The van der Waals surface area contributed by atoms with Gasteiger partial charge in [0.15, 0.2) is 0 Å². The molecule has 0 bridgehead atoms. The average Bonchev–Trinajstić information content (AvgIpc) is 2.68. The van der Waals surface area contributed by atoms with Gasteiger partial charge in [0.25, 0.3) is 5.91 Å². The van der Waals surface area contributed by atoms with Crippen LogP contribution >= 0.6 is 0 Å². The number of piperidine rings is 1. The highest BCUT2D eigenvalue weighted by Gasteiger charge is 2.31. The molecule has 24 heavy (non-hydrogen) atoms. The number of nitrogens with zero attached hydrogens (tertiary/aromatic N) is 4. The summed E-state index contributed by atoms with van der Waals surface area (Å²) in [6.07, 6.45) is 4.80. The first kappa shape index (κ1) is 16.9. The molecule has 6 heteroatoms. The summed E-state index contributed by atoms with van der Waals surface area (Å²) in [7, 11) is 0. The molecule has 1 aromatic heterocycles. The lowest BCUT2D eigenvalue weighted by Crippen LogP contribution is -2.51. The maximum absolute atomic E-state index is 12.7. The zero-order valence-electron chi connectivity index (χ0n) is 14.4. The fourth-order valence-electron chi connectivity index (χ4n) is 3.54. The molecule has 2 aliphatic heterocycles. The molecule has 0 spiro atoms. The first-order valence-corrected chi connectivity index (χ1v) is 8.89. The molecule has 130 valence electrons. The van der Waals surface area contributed by atoms with Crippen LogP contribution in [0.3, 0.4) is 0 Å². The summed E-state index contributed by atoms with van der Waals surface area (Å²) < 4.78 is 0. The van der Waals surface area contributed by atoms with Gasteiger partial charge < -0.3 is 14.7 Å². The summed E-state index contributed by atoms with van der Waals surface area (Å²) >= 11 is 0. The van der Waals surface area contributed by atoms with Gasteiger partial charge in [0.2, 0.25) is 5.91 Å². The summed E-state index contributed by atoms with van der Waals surface area (Å²) in [4.78, 5) is 35.4. The minimum atomic E-state index is 0.0190. The van der Waals surface area contributed by atoms with Crippen LogP contribution in [0, 0.1) is 5.92 Å². The van der Waals surface area contributed by atoms with E-state index < -0.39 is 0 Å². The summed E-state index contributed by atoms with van der Waals surface area (Å²) in [5.74, 6) is 0.362. The van der Waals surface area contributed by atoms with Crippen molar-refractivity contribution in [1.29, 1.82) is 0 Å². The molecule has 0 radical (unpaired) electrons. The molecular weight excluding hydrogens is 304 g/mol. The third kappa shape index (κ3) is 3.75. The molecule has 3 heterocycles. The van der Waals surface area contributed by atoms with Crippen LogP contribution in [0.5, 0.6) is 0 Å². The second kappa shape index (κ2) is 7.75. The molecule has 2 saturated heterocycles. The number of carbonyl (C=O) groups is 2. The van der Waals surface area contributed by atoms with Crippen LogP contribution < -0.4 is 0 Å². The van der Waals surface area contributed by atoms with Crippen molar-refractivity contribution in [2.75, 3.05) is 45.8 Å². The minimum absolute atomic E-state index is 0.0190. The maximum Gasteiger partial charge on any atom is 0.255 e. The molecule has 0 N–H and O–H groups in total. The average molecular weight is 330 g/mol. The van der Waals surface area contributed by atoms with Crippen LogP contribution in [0.15, 0.2) is 24.5 Å². The molecule has 2 aliphatic rings. The molecule has 6 nitrogen and oxygen atoms in total. The lowest BCUT2D eigenvalue weighted by Gasteiger charge is -2.38. The molecule has 1 aromatic rings. The van der Waals surface area contributed by atoms with Crippen molar-refractivity contribution in [2.45, 2.75) is 19.8 Å². The van der Waals surface area contributed by atoms with E-state index in [4.69, 9.17) is 0 Å². The van der Waals surface area contributed by atoms with Gasteiger partial charge in [-0.15, -0.1) is 0 Å². The normalized spacial score (nSPS) is 20.2. The van der Waals surface area contributed by atoms with Crippen molar-refractivity contribution in [3.8, 4) is 0 Å². The number of rotatable bonds is 3. The Kier molecular flexibility index (Phi) is 5.45. The highest BCUT2D eigenvalue weighted by molar-refractivity contribution is 5.94. The van der Waals surface area contributed by atoms with E-state index in [0.29, 0.717) is 18.7 Å². The van der Waals surface area contributed by atoms with E-state index in [1.807, 2.05) is 9.80 Å². The molecule has 2 amide bonds. The Bertz CT molecular complexity index is 562. The zero-order chi connectivity index (χ0) is 16.9. The van der Waals surface area contributed by atoms with E-state index in [0.717, 1.165) is 45.6 Å². The van der Waals surface area contributed by atoms with Crippen molar-refractivity contribution in [3.63, 3.8) is 0 Å². The number of amides is 2. The monoisotopic (exact) mass is 330 g/mol. The molecule has 3 rings (SSSR count). The van der Waals surface area contributed by atoms with E-state index in [1.54, 1.807) is 24.5 Å². The first-order chi connectivity index (χ1) is 11.7. The van der Waals surface area contributed by atoms with Gasteiger partial charge in [0.1, 0.15) is 0 Å². The Morgan fingerprint density at radius 3 is 2.38 bits per heavy atom. The predicted octanol–water partition coefficient (Wildman–Crippen LogP) is 1.10. The summed E-state index contributed by atoms with van der Waals surface area (Å²) in [6, 6.07) is 3.57.